The molecule has 0 aromatic heterocycles. The van der Waals surface area contributed by atoms with Crippen LogP contribution in [0.15, 0.2) is 134 Å². The predicted molar refractivity (Wildman–Crippen MR) is 325 cm³/mol. The molecule has 0 aromatic rings. The lowest BCUT2D eigenvalue weighted by Crippen LogP contribution is -2.30. The van der Waals surface area contributed by atoms with Crippen LogP contribution in [0.1, 0.15) is 265 Å². The summed E-state index contributed by atoms with van der Waals surface area (Å²) in [6.07, 6.45) is 87.3. The number of ether oxygens (including phenoxy) is 3. The molecule has 424 valence electrons. The molecule has 0 rings (SSSR count). The minimum atomic E-state index is -0.799. The van der Waals surface area contributed by atoms with Crippen LogP contribution in [0.25, 0.3) is 0 Å². The summed E-state index contributed by atoms with van der Waals surface area (Å²) in [6.45, 7) is 6.38. The van der Waals surface area contributed by atoms with E-state index in [1.54, 1.807) is 0 Å². The van der Waals surface area contributed by atoms with Crippen LogP contribution in [0.2, 0.25) is 0 Å². The molecule has 1 unspecified atom stereocenters. The van der Waals surface area contributed by atoms with Crippen LogP contribution >= 0.6 is 0 Å². The summed E-state index contributed by atoms with van der Waals surface area (Å²) in [4.78, 5) is 38.2. The van der Waals surface area contributed by atoms with Crippen molar-refractivity contribution in [1.29, 1.82) is 0 Å². The van der Waals surface area contributed by atoms with Crippen molar-refractivity contribution < 1.29 is 28.6 Å². The lowest BCUT2D eigenvalue weighted by molar-refractivity contribution is -0.167. The Kier molecular flexibility index (Phi) is 58.4. The quantitative estimate of drug-likeness (QED) is 0.0261. The van der Waals surface area contributed by atoms with Gasteiger partial charge in [-0.05, 0) is 116 Å². The molecule has 0 saturated carbocycles. The third kappa shape index (κ3) is 60.3. The van der Waals surface area contributed by atoms with Crippen molar-refractivity contribution in [3.8, 4) is 0 Å². The van der Waals surface area contributed by atoms with Crippen LogP contribution in [0.5, 0.6) is 0 Å². The van der Waals surface area contributed by atoms with Gasteiger partial charge in [-0.1, -0.05) is 264 Å². The standard InChI is InChI=1S/C69H112O6/c1-4-7-10-13-16-19-22-24-26-28-30-32-34-36-38-40-42-44-47-50-53-56-59-62-68(71)74-65-66(64-73-67(70)61-58-55-52-49-46-21-18-15-12-9-6-3)75-69(72)63-60-57-54-51-48-45-43-41-39-37-35-33-31-29-27-25-23-20-17-14-11-8-5-2/h7-8,10-11,16-17,19-20,24-27,30-33,36-39,42,44,66H,4-6,9,12-15,18,21-23,28-29,34-35,40-41,43,45-65H2,1-3H3/b10-7-,11-8-,19-16-,20-17-,26-24-,27-25-,32-30-,33-31-,38-36-,39-37-,44-42-. The first-order valence-corrected chi connectivity index (χ1v) is 30.7. The molecule has 6 nitrogen and oxygen atoms in total. The van der Waals surface area contributed by atoms with Crippen molar-refractivity contribution in [1.82, 2.24) is 0 Å². The number of carbonyl (C=O) groups excluding carboxylic acids is 3. The maximum atomic E-state index is 12.9. The summed E-state index contributed by atoms with van der Waals surface area (Å²) >= 11 is 0. The Morgan fingerprint density at radius 3 is 0.813 bits per heavy atom. The van der Waals surface area contributed by atoms with Gasteiger partial charge in [0.25, 0.3) is 0 Å². The fraction of sp³-hybridized carbons (Fsp3) is 0.638. The summed E-state index contributed by atoms with van der Waals surface area (Å²) in [5.74, 6) is -0.931. The van der Waals surface area contributed by atoms with Crippen LogP contribution in [0.4, 0.5) is 0 Å². The van der Waals surface area contributed by atoms with Crippen LogP contribution in [0, 0.1) is 0 Å². The van der Waals surface area contributed by atoms with E-state index in [0.29, 0.717) is 19.3 Å². The maximum absolute atomic E-state index is 12.9. The van der Waals surface area contributed by atoms with E-state index in [-0.39, 0.29) is 31.1 Å². The molecule has 6 heteroatoms. The average molecular weight is 1040 g/mol. The second-order valence-corrected chi connectivity index (χ2v) is 19.9. The molecule has 0 aliphatic carbocycles. The lowest BCUT2D eigenvalue weighted by Gasteiger charge is -2.18. The van der Waals surface area contributed by atoms with E-state index in [4.69, 9.17) is 14.2 Å². The molecule has 0 saturated heterocycles. The fourth-order valence-electron chi connectivity index (χ4n) is 8.12. The molecule has 0 fully saturated rings. The van der Waals surface area contributed by atoms with Crippen LogP contribution < -0.4 is 0 Å². The van der Waals surface area contributed by atoms with E-state index in [2.05, 4.69) is 154 Å². The van der Waals surface area contributed by atoms with Gasteiger partial charge >= 0.3 is 17.9 Å². The lowest BCUT2D eigenvalue weighted by atomic mass is 10.1. The number of unbranched alkanes of at least 4 members (excludes halogenated alkanes) is 21. The van der Waals surface area contributed by atoms with Gasteiger partial charge in [0.1, 0.15) is 13.2 Å². The Labute approximate surface area is 462 Å². The van der Waals surface area contributed by atoms with Gasteiger partial charge in [0, 0.05) is 19.3 Å². The summed E-state index contributed by atoms with van der Waals surface area (Å²) in [5, 5.41) is 0. The zero-order valence-electron chi connectivity index (χ0n) is 48.5. The van der Waals surface area contributed by atoms with Crippen molar-refractivity contribution in [2.24, 2.45) is 0 Å². The largest absolute Gasteiger partial charge is 0.462 e. The molecule has 0 aliphatic heterocycles. The highest BCUT2D eigenvalue weighted by Crippen LogP contribution is 2.15. The molecule has 0 amide bonds. The van der Waals surface area contributed by atoms with Crippen molar-refractivity contribution in [3.63, 3.8) is 0 Å². The van der Waals surface area contributed by atoms with Gasteiger partial charge in [0.2, 0.25) is 0 Å². The summed E-state index contributed by atoms with van der Waals surface area (Å²) in [6, 6.07) is 0. The van der Waals surface area contributed by atoms with Gasteiger partial charge < -0.3 is 14.2 Å². The Morgan fingerprint density at radius 1 is 0.280 bits per heavy atom. The Bertz CT molecular complexity index is 1620. The van der Waals surface area contributed by atoms with Gasteiger partial charge in [-0.15, -0.1) is 0 Å². The van der Waals surface area contributed by atoms with E-state index in [0.717, 1.165) is 154 Å². The number of carbonyl (C=O) groups is 3. The fourth-order valence-corrected chi connectivity index (χ4v) is 8.12. The second-order valence-electron chi connectivity index (χ2n) is 19.9. The number of rotatable bonds is 54. The van der Waals surface area contributed by atoms with Crippen LogP contribution in [-0.4, -0.2) is 37.2 Å². The van der Waals surface area contributed by atoms with E-state index >= 15 is 0 Å². The molecular formula is C69H112O6. The van der Waals surface area contributed by atoms with Crippen LogP contribution in [0.3, 0.4) is 0 Å². The third-order valence-corrected chi connectivity index (χ3v) is 12.7. The van der Waals surface area contributed by atoms with Crippen molar-refractivity contribution in [2.75, 3.05) is 13.2 Å². The van der Waals surface area contributed by atoms with Crippen LogP contribution in [-0.2, 0) is 28.6 Å². The summed E-state index contributed by atoms with van der Waals surface area (Å²) in [5.41, 5.74) is 0. The predicted octanol–water partition coefficient (Wildman–Crippen LogP) is 21.0. The Hall–Kier alpha value is -4.45. The zero-order chi connectivity index (χ0) is 54.3. The van der Waals surface area contributed by atoms with Gasteiger partial charge in [-0.3, -0.25) is 14.4 Å². The topological polar surface area (TPSA) is 78.9 Å². The van der Waals surface area contributed by atoms with E-state index in [9.17, 15) is 14.4 Å². The van der Waals surface area contributed by atoms with Gasteiger partial charge in [-0.25, -0.2) is 0 Å². The van der Waals surface area contributed by atoms with Crippen molar-refractivity contribution in [3.05, 3.63) is 134 Å². The van der Waals surface area contributed by atoms with E-state index in [1.807, 2.05) is 0 Å². The van der Waals surface area contributed by atoms with Gasteiger partial charge in [-0.2, -0.15) is 0 Å². The molecular weight excluding hydrogens is 925 g/mol. The first kappa shape index (κ1) is 70.5. The molecule has 0 radical (unpaired) electrons. The summed E-state index contributed by atoms with van der Waals surface area (Å²) in [7, 11) is 0. The van der Waals surface area contributed by atoms with Gasteiger partial charge in [0.15, 0.2) is 6.10 Å². The Balaban J connectivity index is 4.41. The molecule has 0 N–H and O–H groups in total. The minimum Gasteiger partial charge on any atom is -0.462 e. The monoisotopic (exact) mass is 1040 g/mol. The first-order chi connectivity index (χ1) is 37.0. The smallest absolute Gasteiger partial charge is 0.306 e. The average Bonchev–Trinajstić information content (AvgIpc) is 3.41. The molecule has 0 heterocycles. The number of hydrogen-bond acceptors (Lipinski definition) is 6. The normalized spacial score (nSPS) is 13.1. The zero-order valence-corrected chi connectivity index (χ0v) is 48.5. The Morgan fingerprint density at radius 2 is 0.520 bits per heavy atom. The molecule has 75 heavy (non-hydrogen) atoms. The van der Waals surface area contributed by atoms with Gasteiger partial charge in [0.05, 0.1) is 0 Å². The second kappa shape index (κ2) is 62.1. The summed E-state index contributed by atoms with van der Waals surface area (Å²) < 4.78 is 16.9. The first-order valence-electron chi connectivity index (χ1n) is 30.7. The molecule has 0 bridgehead atoms. The highest BCUT2D eigenvalue weighted by molar-refractivity contribution is 5.71. The molecule has 0 aliphatic rings. The number of esters is 3. The minimum absolute atomic E-state index is 0.0932. The van der Waals surface area contributed by atoms with E-state index < -0.39 is 6.10 Å². The van der Waals surface area contributed by atoms with Crippen molar-refractivity contribution in [2.45, 2.75) is 271 Å². The van der Waals surface area contributed by atoms with E-state index in [1.165, 1.54) is 70.6 Å². The molecule has 0 spiro atoms. The highest BCUT2D eigenvalue weighted by atomic mass is 16.6. The number of hydrogen-bond donors (Lipinski definition) is 0. The highest BCUT2D eigenvalue weighted by Gasteiger charge is 2.19. The third-order valence-electron chi connectivity index (χ3n) is 12.7. The number of allylic oxidation sites excluding steroid dienone is 22. The SMILES string of the molecule is CC/C=C\C/C=C\C/C=C\C/C=C\C/C=C\C/C=C\CCCCCCC(=O)OCC(COC(=O)CCCCCCCCCCCCC)OC(=O)CCCCCCCCC/C=C\C/C=C\C/C=C\C/C=C\C/C=C\CC. The van der Waals surface area contributed by atoms with Crippen molar-refractivity contribution >= 4 is 17.9 Å². The maximum Gasteiger partial charge on any atom is 0.306 e. The molecule has 0 aromatic carbocycles. The molecule has 1 atom stereocenters.